The minimum Gasteiger partial charge on any atom is -0.480 e. The van der Waals surface area contributed by atoms with Crippen molar-refractivity contribution in [1.82, 2.24) is 9.80 Å². The van der Waals surface area contributed by atoms with Crippen molar-refractivity contribution in [2.45, 2.75) is 20.3 Å². The van der Waals surface area contributed by atoms with Gasteiger partial charge in [-0.3, -0.25) is 9.69 Å². The summed E-state index contributed by atoms with van der Waals surface area (Å²) in [6.07, 6.45) is 1.02. The number of aliphatic carboxylic acids is 1. The Kier molecular flexibility index (Phi) is 7.34. The normalized spacial score (nSPS) is 11.7. The highest BCUT2D eigenvalue weighted by Gasteiger charge is 2.10. The SMILES string of the molecule is CC(C)CN(CCCN(C)C)CC(=O)O. The van der Waals surface area contributed by atoms with Gasteiger partial charge in [0.25, 0.3) is 0 Å². The molecule has 0 aliphatic heterocycles. The average Bonchev–Trinajstić information content (AvgIpc) is 2.00. The lowest BCUT2D eigenvalue weighted by molar-refractivity contribution is -0.138. The summed E-state index contributed by atoms with van der Waals surface area (Å²) in [5.41, 5.74) is 0. The number of rotatable bonds is 8. The summed E-state index contributed by atoms with van der Waals surface area (Å²) in [6, 6.07) is 0. The molecule has 1 N–H and O–H groups in total. The van der Waals surface area contributed by atoms with E-state index in [-0.39, 0.29) is 6.54 Å². The van der Waals surface area contributed by atoms with E-state index in [1.54, 1.807) is 0 Å². The Morgan fingerprint density at radius 1 is 1.27 bits per heavy atom. The van der Waals surface area contributed by atoms with Crippen molar-refractivity contribution >= 4 is 5.97 Å². The fourth-order valence-electron chi connectivity index (χ4n) is 1.55. The molecule has 0 aliphatic carbocycles. The van der Waals surface area contributed by atoms with Crippen LogP contribution in [0.25, 0.3) is 0 Å². The highest BCUT2D eigenvalue weighted by atomic mass is 16.4. The summed E-state index contributed by atoms with van der Waals surface area (Å²) in [5.74, 6) is -0.218. The summed E-state index contributed by atoms with van der Waals surface area (Å²) in [7, 11) is 4.06. The molecule has 0 saturated carbocycles. The molecular formula is C11H24N2O2. The van der Waals surface area contributed by atoms with Gasteiger partial charge in [-0.25, -0.2) is 0 Å². The van der Waals surface area contributed by atoms with Gasteiger partial charge in [0.05, 0.1) is 6.54 Å². The molecule has 0 rings (SSSR count). The third-order valence-electron chi connectivity index (χ3n) is 2.06. The number of carboxylic acids is 1. The van der Waals surface area contributed by atoms with Crippen LogP contribution in [0.1, 0.15) is 20.3 Å². The first kappa shape index (κ1) is 14.4. The van der Waals surface area contributed by atoms with Crippen LogP contribution in [-0.4, -0.2) is 61.2 Å². The van der Waals surface area contributed by atoms with Crippen molar-refractivity contribution in [2.24, 2.45) is 5.92 Å². The number of hydrogen-bond donors (Lipinski definition) is 1. The molecule has 0 aliphatic rings. The highest BCUT2D eigenvalue weighted by molar-refractivity contribution is 5.69. The third kappa shape index (κ3) is 9.69. The van der Waals surface area contributed by atoms with Gasteiger partial charge in [-0.05, 0) is 39.5 Å². The summed E-state index contributed by atoms with van der Waals surface area (Å²) < 4.78 is 0. The molecule has 4 nitrogen and oxygen atoms in total. The largest absolute Gasteiger partial charge is 0.480 e. The molecule has 0 unspecified atom stereocenters. The number of carboxylic acid groups (broad SMARTS) is 1. The Balaban J connectivity index is 3.84. The van der Waals surface area contributed by atoms with Crippen molar-refractivity contribution in [1.29, 1.82) is 0 Å². The summed E-state index contributed by atoms with van der Waals surface area (Å²) in [5, 5.41) is 8.75. The Bertz CT molecular complexity index is 181. The summed E-state index contributed by atoms with van der Waals surface area (Å²) >= 11 is 0. The zero-order valence-corrected chi connectivity index (χ0v) is 10.4. The van der Waals surface area contributed by atoms with Crippen LogP contribution in [0.15, 0.2) is 0 Å². The predicted molar refractivity (Wildman–Crippen MR) is 62.1 cm³/mol. The van der Waals surface area contributed by atoms with Gasteiger partial charge in [0.1, 0.15) is 0 Å². The fraction of sp³-hybridized carbons (Fsp3) is 0.909. The molecule has 0 atom stereocenters. The second-order valence-electron chi connectivity index (χ2n) is 4.68. The van der Waals surface area contributed by atoms with Gasteiger partial charge in [-0.1, -0.05) is 13.8 Å². The third-order valence-corrected chi connectivity index (χ3v) is 2.06. The average molecular weight is 216 g/mol. The lowest BCUT2D eigenvalue weighted by Crippen LogP contribution is -2.35. The molecule has 0 aromatic rings. The molecule has 0 bridgehead atoms. The Morgan fingerprint density at radius 2 is 1.87 bits per heavy atom. The first-order valence-corrected chi connectivity index (χ1v) is 5.50. The molecule has 0 spiro atoms. The smallest absolute Gasteiger partial charge is 0.317 e. The molecular weight excluding hydrogens is 192 g/mol. The van der Waals surface area contributed by atoms with E-state index in [9.17, 15) is 4.79 Å². The number of nitrogens with zero attached hydrogens (tertiary/aromatic N) is 2. The van der Waals surface area contributed by atoms with E-state index in [2.05, 4.69) is 18.7 Å². The van der Waals surface area contributed by atoms with Crippen LogP contribution in [0.5, 0.6) is 0 Å². The predicted octanol–water partition coefficient (Wildman–Crippen LogP) is 0.981. The van der Waals surface area contributed by atoms with Crippen LogP contribution in [0, 0.1) is 5.92 Å². The van der Waals surface area contributed by atoms with E-state index in [4.69, 9.17) is 5.11 Å². The van der Waals surface area contributed by atoms with E-state index < -0.39 is 5.97 Å². The van der Waals surface area contributed by atoms with Gasteiger partial charge in [0.15, 0.2) is 0 Å². The number of carbonyl (C=O) groups is 1. The van der Waals surface area contributed by atoms with E-state index >= 15 is 0 Å². The quantitative estimate of drug-likeness (QED) is 0.657. The van der Waals surface area contributed by atoms with Gasteiger partial charge in [0, 0.05) is 6.54 Å². The van der Waals surface area contributed by atoms with Crippen LogP contribution >= 0.6 is 0 Å². The second kappa shape index (κ2) is 7.65. The van der Waals surface area contributed by atoms with Crippen LogP contribution in [0.4, 0.5) is 0 Å². The first-order chi connectivity index (χ1) is 6.91. The van der Waals surface area contributed by atoms with E-state index in [1.807, 2.05) is 19.0 Å². The van der Waals surface area contributed by atoms with Crippen molar-refractivity contribution < 1.29 is 9.90 Å². The molecule has 0 heterocycles. The molecule has 0 radical (unpaired) electrons. The summed E-state index contributed by atoms with van der Waals surface area (Å²) in [6.45, 7) is 7.11. The van der Waals surface area contributed by atoms with E-state index in [1.165, 1.54) is 0 Å². The van der Waals surface area contributed by atoms with Crippen LogP contribution in [0.3, 0.4) is 0 Å². The fourth-order valence-corrected chi connectivity index (χ4v) is 1.55. The van der Waals surface area contributed by atoms with Crippen molar-refractivity contribution in [2.75, 3.05) is 40.3 Å². The van der Waals surface area contributed by atoms with Crippen LogP contribution < -0.4 is 0 Å². The minimum atomic E-state index is -0.736. The van der Waals surface area contributed by atoms with Gasteiger partial charge in [-0.15, -0.1) is 0 Å². The number of hydrogen-bond acceptors (Lipinski definition) is 3. The van der Waals surface area contributed by atoms with Crippen molar-refractivity contribution in [3.05, 3.63) is 0 Å². The maximum absolute atomic E-state index is 10.6. The zero-order chi connectivity index (χ0) is 11.8. The van der Waals surface area contributed by atoms with Crippen molar-refractivity contribution in [3.8, 4) is 0 Å². The van der Waals surface area contributed by atoms with Gasteiger partial charge in [0.2, 0.25) is 0 Å². The lowest BCUT2D eigenvalue weighted by atomic mass is 10.2. The Labute approximate surface area is 92.9 Å². The van der Waals surface area contributed by atoms with E-state index in [0.717, 1.165) is 26.1 Å². The summed E-state index contributed by atoms with van der Waals surface area (Å²) in [4.78, 5) is 14.8. The maximum atomic E-state index is 10.6. The van der Waals surface area contributed by atoms with Crippen molar-refractivity contribution in [3.63, 3.8) is 0 Å². The second-order valence-corrected chi connectivity index (χ2v) is 4.68. The van der Waals surface area contributed by atoms with Crippen LogP contribution in [-0.2, 0) is 4.79 Å². The van der Waals surface area contributed by atoms with Crippen LogP contribution in [0.2, 0.25) is 0 Å². The molecule has 0 aromatic carbocycles. The monoisotopic (exact) mass is 216 g/mol. The molecule has 0 amide bonds. The Morgan fingerprint density at radius 3 is 2.27 bits per heavy atom. The minimum absolute atomic E-state index is 0.158. The lowest BCUT2D eigenvalue weighted by Gasteiger charge is -2.22. The molecule has 15 heavy (non-hydrogen) atoms. The highest BCUT2D eigenvalue weighted by Crippen LogP contribution is 2.00. The molecule has 0 aromatic heterocycles. The molecule has 4 heteroatoms. The van der Waals surface area contributed by atoms with Gasteiger partial charge in [-0.2, -0.15) is 0 Å². The topological polar surface area (TPSA) is 43.8 Å². The molecule has 90 valence electrons. The molecule has 0 fully saturated rings. The van der Waals surface area contributed by atoms with Gasteiger partial charge >= 0.3 is 5.97 Å². The van der Waals surface area contributed by atoms with Gasteiger partial charge < -0.3 is 10.0 Å². The standard InChI is InChI=1S/C11H24N2O2/c1-10(2)8-13(9-11(14)15)7-5-6-12(3)4/h10H,5-9H2,1-4H3,(H,14,15). The first-order valence-electron chi connectivity index (χ1n) is 5.50. The zero-order valence-electron chi connectivity index (χ0n) is 10.4. The maximum Gasteiger partial charge on any atom is 0.317 e. The Hall–Kier alpha value is -0.610. The van der Waals surface area contributed by atoms with E-state index in [0.29, 0.717) is 5.92 Å². The molecule has 0 saturated heterocycles.